The summed E-state index contributed by atoms with van der Waals surface area (Å²) in [5.41, 5.74) is 13.2. The van der Waals surface area contributed by atoms with Gasteiger partial charge in [0.1, 0.15) is 0 Å². The second-order valence-electron chi connectivity index (χ2n) is 6.51. The Balaban J connectivity index is 1.91. The first-order valence-corrected chi connectivity index (χ1v) is 10.0. The molecule has 0 spiro atoms. The number of aryl methyl sites for hydroxylation is 2. The van der Waals surface area contributed by atoms with Crippen molar-refractivity contribution in [2.24, 2.45) is 0 Å². The largest absolute Gasteiger partial charge is 0.399 e. The van der Waals surface area contributed by atoms with Crippen LogP contribution in [0.15, 0.2) is 47.4 Å². The van der Waals surface area contributed by atoms with Crippen LogP contribution in [0.3, 0.4) is 0 Å². The molecule has 0 unspecified atom stereocenters. The van der Waals surface area contributed by atoms with Gasteiger partial charge in [-0.2, -0.15) is 5.10 Å². The maximum atomic E-state index is 11.7. The maximum Gasteiger partial charge on any atom is 0.175 e. The Labute approximate surface area is 147 Å². The molecule has 1 aliphatic carbocycles. The van der Waals surface area contributed by atoms with Gasteiger partial charge in [-0.05, 0) is 61.7 Å². The normalized spacial score (nSPS) is 13.4. The van der Waals surface area contributed by atoms with Crippen molar-refractivity contribution in [3.05, 3.63) is 59.3 Å². The molecule has 128 valence electrons. The van der Waals surface area contributed by atoms with Gasteiger partial charge in [-0.25, -0.2) is 13.1 Å². The molecule has 6 heteroatoms. The summed E-state index contributed by atoms with van der Waals surface area (Å²) in [7, 11) is -3.21. The number of hydrogen-bond donors (Lipinski definition) is 1. The van der Waals surface area contributed by atoms with E-state index in [1.54, 1.807) is 24.3 Å². The zero-order chi connectivity index (χ0) is 17.8. The molecule has 0 atom stereocenters. The third-order valence-electron chi connectivity index (χ3n) is 4.73. The number of sulfone groups is 1. The third-order valence-corrected chi connectivity index (χ3v) is 5.86. The minimum Gasteiger partial charge on any atom is -0.399 e. The highest BCUT2D eigenvalue weighted by Gasteiger charge is 2.24. The molecule has 3 aromatic rings. The lowest BCUT2D eigenvalue weighted by Gasteiger charge is -2.19. The topological polar surface area (TPSA) is 78.0 Å². The van der Waals surface area contributed by atoms with Crippen molar-refractivity contribution in [3.63, 3.8) is 0 Å². The van der Waals surface area contributed by atoms with Crippen molar-refractivity contribution in [3.8, 4) is 16.9 Å². The molecule has 2 N–H and O–H groups in total. The van der Waals surface area contributed by atoms with Crippen molar-refractivity contribution < 1.29 is 8.42 Å². The SMILES string of the molecule is Cc1nn(-c2ccc(S(C)(=O)=O)cc2)c2c1CCc1ccc(N)cc1-2. The summed E-state index contributed by atoms with van der Waals surface area (Å²) in [4.78, 5) is 0.304. The lowest BCUT2D eigenvalue weighted by Crippen LogP contribution is -2.08. The van der Waals surface area contributed by atoms with E-state index in [9.17, 15) is 8.42 Å². The molecule has 1 heterocycles. The van der Waals surface area contributed by atoms with Crippen molar-refractivity contribution in [2.75, 3.05) is 12.0 Å². The minimum atomic E-state index is -3.21. The Hall–Kier alpha value is -2.60. The summed E-state index contributed by atoms with van der Waals surface area (Å²) in [6.07, 6.45) is 3.13. The van der Waals surface area contributed by atoms with Crippen molar-refractivity contribution >= 4 is 15.5 Å². The third kappa shape index (κ3) is 2.62. The lowest BCUT2D eigenvalue weighted by molar-refractivity contribution is 0.602. The Morgan fingerprint density at radius 1 is 1.08 bits per heavy atom. The molecule has 0 aliphatic heterocycles. The van der Waals surface area contributed by atoms with Crippen LogP contribution in [0, 0.1) is 6.92 Å². The van der Waals surface area contributed by atoms with Gasteiger partial charge in [0.05, 0.1) is 22.0 Å². The molecule has 2 aromatic carbocycles. The van der Waals surface area contributed by atoms with E-state index in [-0.39, 0.29) is 0 Å². The van der Waals surface area contributed by atoms with Crippen LogP contribution in [0.4, 0.5) is 5.69 Å². The van der Waals surface area contributed by atoms with Crippen LogP contribution in [-0.2, 0) is 22.7 Å². The molecule has 25 heavy (non-hydrogen) atoms. The molecule has 0 fully saturated rings. The standard InChI is InChI=1S/C19H19N3O2S/c1-12-17-10-4-13-3-5-14(20)11-18(13)19(17)22(21-12)15-6-8-16(9-7-15)25(2,23)24/h3,5-9,11H,4,10,20H2,1-2H3. The van der Waals surface area contributed by atoms with Crippen LogP contribution >= 0.6 is 0 Å². The first-order valence-electron chi connectivity index (χ1n) is 8.12. The molecule has 0 amide bonds. The van der Waals surface area contributed by atoms with Gasteiger partial charge in [0.15, 0.2) is 9.84 Å². The molecule has 0 bridgehead atoms. The number of fused-ring (bicyclic) bond motifs is 3. The van der Waals surface area contributed by atoms with Crippen LogP contribution < -0.4 is 5.73 Å². The summed E-state index contributed by atoms with van der Waals surface area (Å²) in [6.45, 7) is 2.01. The molecular weight excluding hydrogens is 334 g/mol. The van der Waals surface area contributed by atoms with Crippen LogP contribution in [0.2, 0.25) is 0 Å². The number of nitrogen functional groups attached to an aromatic ring is 1. The van der Waals surface area contributed by atoms with Gasteiger partial charge in [0.25, 0.3) is 0 Å². The van der Waals surface area contributed by atoms with Crippen molar-refractivity contribution in [1.29, 1.82) is 0 Å². The van der Waals surface area contributed by atoms with Crippen LogP contribution in [0.5, 0.6) is 0 Å². The molecule has 1 aromatic heterocycles. The van der Waals surface area contributed by atoms with Gasteiger partial charge < -0.3 is 5.73 Å². The lowest BCUT2D eigenvalue weighted by atomic mass is 9.88. The maximum absolute atomic E-state index is 11.7. The summed E-state index contributed by atoms with van der Waals surface area (Å²) < 4.78 is 25.3. The van der Waals surface area contributed by atoms with E-state index < -0.39 is 9.84 Å². The number of hydrogen-bond acceptors (Lipinski definition) is 4. The first kappa shape index (κ1) is 15.9. The summed E-state index contributed by atoms with van der Waals surface area (Å²) in [5, 5.41) is 4.71. The fourth-order valence-electron chi connectivity index (χ4n) is 3.45. The quantitative estimate of drug-likeness (QED) is 0.719. The van der Waals surface area contributed by atoms with Crippen molar-refractivity contribution in [2.45, 2.75) is 24.7 Å². The molecular formula is C19H19N3O2S. The van der Waals surface area contributed by atoms with E-state index in [2.05, 4.69) is 6.07 Å². The van der Waals surface area contributed by atoms with Gasteiger partial charge in [0.2, 0.25) is 0 Å². The van der Waals surface area contributed by atoms with E-state index in [1.165, 1.54) is 17.4 Å². The van der Waals surface area contributed by atoms with E-state index in [0.29, 0.717) is 4.90 Å². The number of anilines is 1. The Morgan fingerprint density at radius 2 is 1.80 bits per heavy atom. The van der Waals surface area contributed by atoms with Gasteiger partial charge in [-0.1, -0.05) is 6.07 Å². The van der Waals surface area contributed by atoms with Crippen molar-refractivity contribution in [1.82, 2.24) is 9.78 Å². The number of rotatable bonds is 2. The van der Waals surface area contributed by atoms with Gasteiger partial charge in [0, 0.05) is 23.1 Å². The molecule has 0 saturated carbocycles. The van der Waals surface area contributed by atoms with Gasteiger partial charge in [-0.3, -0.25) is 0 Å². The number of benzene rings is 2. The fraction of sp³-hybridized carbons (Fsp3) is 0.211. The second kappa shape index (κ2) is 5.46. The first-order chi connectivity index (χ1) is 11.8. The highest BCUT2D eigenvalue weighted by Crippen LogP contribution is 2.37. The zero-order valence-corrected chi connectivity index (χ0v) is 15.0. The molecule has 1 aliphatic rings. The summed E-state index contributed by atoms with van der Waals surface area (Å²) in [5.74, 6) is 0. The molecule has 4 rings (SSSR count). The highest BCUT2D eigenvalue weighted by atomic mass is 32.2. The average Bonchev–Trinajstić information content (AvgIpc) is 2.91. The van der Waals surface area contributed by atoms with Crippen LogP contribution in [0.25, 0.3) is 16.9 Å². The van der Waals surface area contributed by atoms with E-state index >= 15 is 0 Å². The number of aromatic nitrogens is 2. The highest BCUT2D eigenvalue weighted by molar-refractivity contribution is 7.90. The predicted octanol–water partition coefficient (Wildman–Crippen LogP) is 2.93. The fourth-order valence-corrected chi connectivity index (χ4v) is 4.08. The van der Waals surface area contributed by atoms with Gasteiger partial charge >= 0.3 is 0 Å². The van der Waals surface area contributed by atoms with Crippen LogP contribution in [0.1, 0.15) is 16.8 Å². The Bertz CT molecular complexity index is 1080. The molecule has 0 radical (unpaired) electrons. The Kier molecular flexibility index (Phi) is 3.47. The van der Waals surface area contributed by atoms with E-state index in [0.717, 1.165) is 41.2 Å². The second-order valence-corrected chi connectivity index (χ2v) is 8.52. The zero-order valence-electron chi connectivity index (χ0n) is 14.2. The molecule has 0 saturated heterocycles. The predicted molar refractivity (Wildman–Crippen MR) is 98.7 cm³/mol. The summed E-state index contributed by atoms with van der Waals surface area (Å²) >= 11 is 0. The van der Waals surface area contributed by atoms with E-state index in [1.807, 2.05) is 23.7 Å². The Morgan fingerprint density at radius 3 is 2.48 bits per heavy atom. The van der Waals surface area contributed by atoms with Gasteiger partial charge in [-0.15, -0.1) is 0 Å². The number of nitrogens with zero attached hydrogens (tertiary/aromatic N) is 2. The minimum absolute atomic E-state index is 0.304. The van der Waals surface area contributed by atoms with Crippen LogP contribution in [-0.4, -0.2) is 24.5 Å². The summed E-state index contributed by atoms with van der Waals surface area (Å²) in [6, 6.07) is 12.8. The smallest absolute Gasteiger partial charge is 0.175 e. The number of nitrogens with two attached hydrogens (primary N) is 1. The average molecular weight is 353 g/mol. The monoisotopic (exact) mass is 353 g/mol. The van der Waals surface area contributed by atoms with E-state index in [4.69, 9.17) is 10.8 Å². The molecule has 5 nitrogen and oxygen atoms in total.